The first-order chi connectivity index (χ1) is 15.6. The average Bonchev–Trinajstić information content (AvgIpc) is 3.22. The van der Waals surface area contributed by atoms with Gasteiger partial charge in [0, 0.05) is 23.6 Å². The van der Waals surface area contributed by atoms with Gasteiger partial charge in [-0.15, -0.1) is 10.2 Å². The molecule has 33 heavy (non-hydrogen) atoms. The normalized spacial score (nSPS) is 17.0. The van der Waals surface area contributed by atoms with E-state index in [4.69, 9.17) is 9.47 Å². The molecule has 4 rings (SSSR count). The van der Waals surface area contributed by atoms with Gasteiger partial charge in [0.25, 0.3) is 15.9 Å². The van der Waals surface area contributed by atoms with Crippen LogP contribution in [0, 0.1) is 6.92 Å². The number of fused-ring (bicyclic) bond motifs is 1. The summed E-state index contributed by atoms with van der Waals surface area (Å²) in [5.41, 5.74) is 1.57. The third-order valence-electron chi connectivity index (χ3n) is 5.15. The molecular weight excluding hydrogens is 464 g/mol. The minimum atomic E-state index is -4.00. The number of sulfonamides is 1. The van der Waals surface area contributed by atoms with Crippen molar-refractivity contribution in [2.45, 2.75) is 43.2 Å². The molecule has 1 atom stereocenters. The van der Waals surface area contributed by atoms with Gasteiger partial charge in [-0.25, -0.2) is 13.1 Å². The highest BCUT2D eigenvalue weighted by molar-refractivity contribution is 7.91. The molecule has 0 unspecified atom stereocenters. The second-order valence-corrected chi connectivity index (χ2v) is 11.2. The van der Waals surface area contributed by atoms with Crippen molar-refractivity contribution in [2.24, 2.45) is 0 Å². The summed E-state index contributed by atoms with van der Waals surface area (Å²) in [7, 11) is -2.44. The number of ether oxygens (including phenoxy) is 2. The second kappa shape index (κ2) is 8.73. The fraction of sp³-hybridized carbons (Fsp3) is 0.318. The molecule has 2 N–H and O–H groups in total. The predicted molar refractivity (Wildman–Crippen MR) is 124 cm³/mol. The van der Waals surface area contributed by atoms with Gasteiger partial charge in [-0.1, -0.05) is 35.1 Å². The average molecular weight is 489 g/mol. The quantitative estimate of drug-likeness (QED) is 0.508. The number of hydrogen-bond acceptors (Lipinski definition) is 8. The van der Waals surface area contributed by atoms with Gasteiger partial charge >= 0.3 is 0 Å². The van der Waals surface area contributed by atoms with Crippen molar-refractivity contribution in [3.63, 3.8) is 0 Å². The van der Waals surface area contributed by atoms with Crippen LogP contribution in [0.2, 0.25) is 0 Å². The van der Waals surface area contributed by atoms with Crippen molar-refractivity contribution < 1.29 is 22.7 Å². The molecule has 2 aromatic carbocycles. The Morgan fingerprint density at radius 2 is 1.91 bits per heavy atom. The number of benzene rings is 2. The number of nitrogens with one attached hydrogen (secondary N) is 2. The summed E-state index contributed by atoms with van der Waals surface area (Å²) < 4.78 is 39.9. The third-order valence-corrected chi connectivity index (χ3v) is 7.82. The minimum Gasteiger partial charge on any atom is -0.497 e. The van der Waals surface area contributed by atoms with E-state index in [1.807, 2.05) is 32.9 Å². The van der Waals surface area contributed by atoms with Gasteiger partial charge in [0.05, 0.1) is 13.2 Å². The van der Waals surface area contributed by atoms with Crippen molar-refractivity contribution in [3.05, 3.63) is 59.2 Å². The van der Waals surface area contributed by atoms with Gasteiger partial charge in [-0.3, -0.25) is 10.1 Å². The summed E-state index contributed by atoms with van der Waals surface area (Å²) in [5, 5.41) is 10.3. The lowest BCUT2D eigenvalue weighted by Gasteiger charge is -2.37. The Labute approximate surface area is 196 Å². The van der Waals surface area contributed by atoms with E-state index in [0.717, 1.165) is 16.9 Å². The standard InChI is InChI=1S/C22H24N4O5S2/c1-13-5-7-14(8-6-13)19(27)23-20-24-25-21(32-20)33(28,29)26-17-12-22(2,3)31-18-11-15(30-4)9-10-16(17)18/h5-11,17,26H,12H2,1-4H3,(H,23,24,27)/t17-/m0/s1. The van der Waals surface area contributed by atoms with Crippen LogP contribution in [-0.2, 0) is 10.0 Å². The molecule has 0 fully saturated rings. The maximum absolute atomic E-state index is 13.1. The summed E-state index contributed by atoms with van der Waals surface area (Å²) in [6.07, 6.45) is 0.418. The van der Waals surface area contributed by atoms with Gasteiger partial charge < -0.3 is 9.47 Å². The minimum absolute atomic E-state index is 0.0957. The largest absolute Gasteiger partial charge is 0.497 e. The van der Waals surface area contributed by atoms with E-state index < -0.39 is 27.6 Å². The Kier molecular flexibility index (Phi) is 6.12. The first-order valence-electron chi connectivity index (χ1n) is 10.2. The molecule has 0 spiro atoms. The van der Waals surface area contributed by atoms with Crippen molar-refractivity contribution >= 4 is 32.4 Å². The Hall–Kier alpha value is -3.02. The fourth-order valence-corrected chi connectivity index (χ4v) is 5.67. The summed E-state index contributed by atoms with van der Waals surface area (Å²) in [4.78, 5) is 12.4. The number of aryl methyl sites for hydroxylation is 1. The highest BCUT2D eigenvalue weighted by Crippen LogP contribution is 2.42. The number of nitrogens with zero attached hydrogens (tertiary/aromatic N) is 2. The molecular formula is C22H24N4O5S2. The number of aromatic nitrogens is 2. The fourth-order valence-electron chi connectivity index (χ4n) is 3.54. The lowest BCUT2D eigenvalue weighted by molar-refractivity contribution is 0.0698. The molecule has 0 bridgehead atoms. The molecule has 3 aromatic rings. The van der Waals surface area contributed by atoms with E-state index in [1.165, 1.54) is 0 Å². The number of hydrogen-bond donors (Lipinski definition) is 2. The molecule has 1 aliphatic rings. The summed E-state index contributed by atoms with van der Waals surface area (Å²) in [6, 6.07) is 11.7. The number of methoxy groups -OCH3 is 1. The Bertz CT molecular complexity index is 1290. The molecule has 1 amide bonds. The van der Waals surface area contributed by atoms with Crippen LogP contribution in [0.25, 0.3) is 0 Å². The Morgan fingerprint density at radius 3 is 2.61 bits per heavy atom. The van der Waals surface area contributed by atoms with Crippen LogP contribution in [0.1, 0.15) is 47.8 Å². The van der Waals surface area contributed by atoms with Crippen molar-refractivity contribution in [2.75, 3.05) is 12.4 Å². The molecule has 1 aromatic heterocycles. The molecule has 174 valence electrons. The van der Waals surface area contributed by atoms with E-state index in [-0.39, 0.29) is 9.47 Å². The van der Waals surface area contributed by atoms with Gasteiger partial charge in [-0.05, 0) is 39.0 Å². The van der Waals surface area contributed by atoms with Crippen LogP contribution in [0.5, 0.6) is 11.5 Å². The molecule has 2 heterocycles. The van der Waals surface area contributed by atoms with Crippen molar-refractivity contribution in [1.82, 2.24) is 14.9 Å². The maximum atomic E-state index is 13.1. The molecule has 0 radical (unpaired) electrons. The molecule has 9 nitrogen and oxygen atoms in total. The Morgan fingerprint density at radius 1 is 1.18 bits per heavy atom. The van der Waals surface area contributed by atoms with E-state index in [0.29, 0.717) is 29.0 Å². The highest BCUT2D eigenvalue weighted by Gasteiger charge is 2.37. The number of carbonyl (C=O) groups is 1. The zero-order valence-electron chi connectivity index (χ0n) is 18.6. The summed E-state index contributed by atoms with van der Waals surface area (Å²) in [6.45, 7) is 5.70. The van der Waals surface area contributed by atoms with Gasteiger partial charge in [0.15, 0.2) is 0 Å². The number of amides is 1. The summed E-state index contributed by atoms with van der Waals surface area (Å²) in [5.74, 6) is 0.782. The first-order valence-corrected chi connectivity index (χ1v) is 12.5. The topological polar surface area (TPSA) is 120 Å². The smallest absolute Gasteiger partial charge is 0.270 e. The van der Waals surface area contributed by atoms with Crippen LogP contribution < -0.4 is 19.5 Å². The summed E-state index contributed by atoms with van der Waals surface area (Å²) >= 11 is 0.786. The predicted octanol–water partition coefficient (Wildman–Crippen LogP) is 3.69. The van der Waals surface area contributed by atoms with Gasteiger partial charge in [0.1, 0.15) is 17.1 Å². The SMILES string of the molecule is COc1ccc2c(c1)OC(C)(C)C[C@@H]2NS(=O)(=O)c1nnc(NC(=O)c2ccc(C)cc2)s1. The monoisotopic (exact) mass is 488 g/mol. The Balaban J connectivity index is 1.53. The van der Waals surface area contributed by atoms with E-state index >= 15 is 0 Å². The van der Waals surface area contributed by atoms with E-state index in [9.17, 15) is 13.2 Å². The van der Waals surface area contributed by atoms with Crippen LogP contribution in [0.4, 0.5) is 5.13 Å². The second-order valence-electron chi connectivity index (χ2n) is 8.34. The highest BCUT2D eigenvalue weighted by atomic mass is 32.2. The maximum Gasteiger partial charge on any atom is 0.270 e. The molecule has 0 saturated heterocycles. The number of anilines is 1. The molecule has 1 aliphatic heterocycles. The van der Waals surface area contributed by atoms with Crippen molar-refractivity contribution in [1.29, 1.82) is 0 Å². The molecule has 0 saturated carbocycles. The molecule has 0 aliphatic carbocycles. The first kappa shape index (κ1) is 23.1. The molecule has 11 heteroatoms. The van der Waals surface area contributed by atoms with Crippen LogP contribution in [-0.4, -0.2) is 37.2 Å². The van der Waals surface area contributed by atoms with Crippen LogP contribution >= 0.6 is 11.3 Å². The van der Waals surface area contributed by atoms with Crippen molar-refractivity contribution in [3.8, 4) is 11.5 Å². The zero-order chi connectivity index (χ0) is 23.8. The zero-order valence-corrected chi connectivity index (χ0v) is 20.2. The number of carbonyl (C=O) groups excluding carboxylic acids is 1. The van der Waals surface area contributed by atoms with Gasteiger partial charge in [0.2, 0.25) is 9.47 Å². The van der Waals surface area contributed by atoms with E-state index in [1.54, 1.807) is 37.4 Å². The van der Waals surface area contributed by atoms with E-state index in [2.05, 4.69) is 20.2 Å². The number of rotatable bonds is 6. The lowest BCUT2D eigenvalue weighted by atomic mass is 9.90. The third kappa shape index (κ3) is 5.15. The van der Waals surface area contributed by atoms with Gasteiger partial charge in [-0.2, -0.15) is 0 Å². The van der Waals surface area contributed by atoms with Crippen LogP contribution in [0.15, 0.2) is 46.8 Å². The van der Waals surface area contributed by atoms with Crippen LogP contribution in [0.3, 0.4) is 0 Å². The lowest BCUT2D eigenvalue weighted by Crippen LogP contribution is -2.41.